The average molecular weight is 585 g/mol. The Bertz CT molecular complexity index is 1930. The Labute approximate surface area is 266 Å². The van der Waals surface area contributed by atoms with E-state index in [1.54, 1.807) is 0 Å². The van der Waals surface area contributed by atoms with Crippen LogP contribution in [0.3, 0.4) is 0 Å². The Morgan fingerprint density at radius 1 is 0.533 bits per heavy atom. The zero-order valence-electron chi connectivity index (χ0n) is 26.2. The van der Waals surface area contributed by atoms with Crippen molar-refractivity contribution < 1.29 is 4.79 Å². The molecule has 0 N–H and O–H groups in total. The van der Waals surface area contributed by atoms with Gasteiger partial charge in [-0.15, -0.1) is 0 Å². The summed E-state index contributed by atoms with van der Waals surface area (Å²) in [6.45, 7) is 8.83. The summed E-state index contributed by atoms with van der Waals surface area (Å²) in [7, 11) is 0. The summed E-state index contributed by atoms with van der Waals surface area (Å²) in [5.74, 6) is 0.00649. The maximum Gasteiger partial charge on any atom is 0.193 e. The molecule has 45 heavy (non-hydrogen) atoms. The molecule has 0 saturated heterocycles. The van der Waals surface area contributed by atoms with E-state index in [9.17, 15) is 4.79 Å². The lowest BCUT2D eigenvalue weighted by Crippen LogP contribution is -2.30. The monoisotopic (exact) mass is 584 g/mol. The number of ketones is 1. The third-order valence-corrected chi connectivity index (χ3v) is 9.12. The van der Waals surface area contributed by atoms with Crippen LogP contribution in [0.1, 0.15) is 52.0 Å². The second kappa shape index (κ2) is 11.3. The van der Waals surface area contributed by atoms with Gasteiger partial charge in [-0.1, -0.05) is 86.6 Å². The van der Waals surface area contributed by atoms with Crippen LogP contribution in [0.25, 0.3) is 0 Å². The lowest BCUT2D eigenvalue weighted by molar-refractivity contribution is 0.103. The van der Waals surface area contributed by atoms with E-state index in [1.165, 1.54) is 33.6 Å². The number of aryl methyl sites for hydroxylation is 2. The smallest absolute Gasteiger partial charge is 0.193 e. The minimum absolute atomic E-state index is 0.00649. The van der Waals surface area contributed by atoms with E-state index < -0.39 is 0 Å². The van der Waals surface area contributed by atoms with Crippen LogP contribution in [0, 0.1) is 13.8 Å². The molecule has 1 aliphatic heterocycles. The van der Waals surface area contributed by atoms with Gasteiger partial charge in [-0.2, -0.15) is 0 Å². The molecule has 6 aromatic carbocycles. The number of hydrogen-bond acceptors (Lipinski definition) is 3. The van der Waals surface area contributed by atoms with Gasteiger partial charge in [-0.3, -0.25) is 4.79 Å². The zero-order chi connectivity index (χ0) is 31.1. The van der Waals surface area contributed by atoms with Gasteiger partial charge in [-0.25, -0.2) is 0 Å². The predicted octanol–water partition coefficient (Wildman–Crippen LogP) is 11.1. The number of carbonyl (C=O) groups is 1. The lowest BCUT2D eigenvalue weighted by atomic mass is 9.73. The first-order valence-electron chi connectivity index (χ1n) is 15.5. The van der Waals surface area contributed by atoms with Crippen molar-refractivity contribution in [2.45, 2.75) is 33.1 Å². The van der Waals surface area contributed by atoms with Crippen molar-refractivity contribution in [2.75, 3.05) is 9.80 Å². The Morgan fingerprint density at radius 3 is 1.44 bits per heavy atom. The van der Waals surface area contributed by atoms with Crippen LogP contribution in [0.5, 0.6) is 0 Å². The molecule has 0 saturated carbocycles. The Kier molecular flexibility index (Phi) is 7.10. The summed E-state index contributed by atoms with van der Waals surface area (Å²) in [5, 5.41) is 0. The van der Waals surface area contributed by atoms with Gasteiger partial charge in [0.25, 0.3) is 0 Å². The maximum absolute atomic E-state index is 13.7. The van der Waals surface area contributed by atoms with E-state index in [4.69, 9.17) is 0 Å². The Morgan fingerprint density at radius 2 is 0.956 bits per heavy atom. The van der Waals surface area contributed by atoms with Crippen LogP contribution in [-0.2, 0) is 5.41 Å². The number of para-hydroxylation sites is 4. The molecule has 0 aliphatic carbocycles. The molecule has 3 heteroatoms. The predicted molar refractivity (Wildman–Crippen MR) is 187 cm³/mol. The first-order chi connectivity index (χ1) is 21.8. The van der Waals surface area contributed by atoms with E-state index in [1.807, 2.05) is 36.4 Å². The highest BCUT2D eigenvalue weighted by Crippen LogP contribution is 2.51. The molecule has 0 amide bonds. The fourth-order valence-electron chi connectivity index (χ4n) is 6.67. The summed E-state index contributed by atoms with van der Waals surface area (Å²) in [6.07, 6.45) is 0. The Hall–Kier alpha value is -5.41. The topological polar surface area (TPSA) is 23.6 Å². The molecule has 6 aromatic rings. The molecule has 0 bridgehead atoms. The van der Waals surface area contributed by atoms with Crippen LogP contribution in [0.2, 0.25) is 0 Å². The number of nitrogens with zero attached hydrogens (tertiary/aromatic N) is 2. The van der Waals surface area contributed by atoms with Crippen LogP contribution >= 0.6 is 0 Å². The minimum Gasteiger partial charge on any atom is -0.310 e. The molecule has 0 spiro atoms. The van der Waals surface area contributed by atoms with E-state index in [-0.39, 0.29) is 11.2 Å². The second-order valence-electron chi connectivity index (χ2n) is 12.3. The quantitative estimate of drug-likeness (QED) is 0.182. The Balaban J connectivity index is 1.20. The second-order valence-corrected chi connectivity index (χ2v) is 12.3. The summed E-state index contributed by atoms with van der Waals surface area (Å²) >= 11 is 0. The van der Waals surface area contributed by atoms with E-state index in [2.05, 4.69) is 147 Å². The lowest BCUT2D eigenvalue weighted by Gasteiger charge is -2.42. The molecule has 0 unspecified atom stereocenters. The van der Waals surface area contributed by atoms with E-state index >= 15 is 0 Å². The molecular formula is C42H36N2O. The molecule has 0 fully saturated rings. The fourth-order valence-corrected chi connectivity index (χ4v) is 6.67. The SMILES string of the molecule is Cc1ccccc1N(c1ccc(C(=O)c2ccc(N3c4ccccc4C(C)(C)c4ccccc43)cc2)cc1)c1ccccc1C. The van der Waals surface area contributed by atoms with Gasteiger partial charge in [0.05, 0.1) is 11.4 Å². The van der Waals surface area contributed by atoms with Gasteiger partial charge < -0.3 is 9.80 Å². The molecule has 3 nitrogen and oxygen atoms in total. The first-order valence-corrected chi connectivity index (χ1v) is 15.5. The van der Waals surface area contributed by atoms with Crippen molar-refractivity contribution in [3.05, 3.63) is 179 Å². The van der Waals surface area contributed by atoms with Crippen molar-refractivity contribution in [3.63, 3.8) is 0 Å². The fraction of sp³-hybridized carbons (Fsp3) is 0.119. The van der Waals surface area contributed by atoms with Crippen molar-refractivity contribution >= 4 is 39.9 Å². The molecule has 7 rings (SSSR count). The van der Waals surface area contributed by atoms with Gasteiger partial charge in [0.2, 0.25) is 0 Å². The normalized spacial score (nSPS) is 13.1. The third-order valence-electron chi connectivity index (χ3n) is 9.12. The van der Waals surface area contributed by atoms with Crippen molar-refractivity contribution in [1.82, 2.24) is 0 Å². The average Bonchev–Trinajstić information content (AvgIpc) is 3.07. The van der Waals surface area contributed by atoms with Gasteiger partial charge in [-0.05, 0) is 109 Å². The maximum atomic E-state index is 13.7. The van der Waals surface area contributed by atoms with Gasteiger partial charge in [0.15, 0.2) is 5.78 Å². The third kappa shape index (κ3) is 4.91. The number of carbonyl (C=O) groups excluding carboxylic acids is 1. The largest absolute Gasteiger partial charge is 0.310 e. The molecule has 1 heterocycles. The number of rotatable bonds is 6. The highest BCUT2D eigenvalue weighted by molar-refractivity contribution is 6.09. The van der Waals surface area contributed by atoms with Crippen molar-refractivity contribution in [1.29, 1.82) is 0 Å². The number of fused-ring (bicyclic) bond motifs is 2. The summed E-state index contributed by atoms with van der Waals surface area (Å²) in [6, 6.07) is 50.0. The van der Waals surface area contributed by atoms with E-state index in [0.29, 0.717) is 11.1 Å². The van der Waals surface area contributed by atoms with Crippen LogP contribution in [0.4, 0.5) is 34.1 Å². The summed E-state index contributed by atoms with van der Waals surface area (Å²) in [4.78, 5) is 18.3. The van der Waals surface area contributed by atoms with Gasteiger partial charge in [0.1, 0.15) is 0 Å². The summed E-state index contributed by atoms with van der Waals surface area (Å²) < 4.78 is 0. The molecule has 0 radical (unpaired) electrons. The molecule has 1 aliphatic rings. The standard InChI is InChI=1S/C42H36N2O/c1-29-13-5-9-17-37(29)43(38-18-10-6-14-30(38)2)33-25-21-31(22-26-33)41(45)32-23-27-34(28-24-32)44-39-19-11-7-15-35(39)42(3,4)36-16-8-12-20-40(36)44/h5-28H,1-4H3. The number of benzene rings is 6. The minimum atomic E-state index is -0.111. The van der Waals surface area contributed by atoms with E-state index in [0.717, 1.165) is 22.7 Å². The van der Waals surface area contributed by atoms with Crippen molar-refractivity contribution in [3.8, 4) is 0 Å². The zero-order valence-corrected chi connectivity index (χ0v) is 26.2. The molecular weight excluding hydrogens is 548 g/mol. The highest BCUT2D eigenvalue weighted by Gasteiger charge is 2.36. The first kappa shape index (κ1) is 28.4. The van der Waals surface area contributed by atoms with Crippen LogP contribution in [-0.4, -0.2) is 5.78 Å². The number of hydrogen-bond donors (Lipinski definition) is 0. The number of anilines is 6. The molecule has 0 aromatic heterocycles. The van der Waals surface area contributed by atoms with Crippen LogP contribution in [0.15, 0.2) is 146 Å². The van der Waals surface area contributed by atoms with Crippen molar-refractivity contribution in [2.24, 2.45) is 0 Å². The molecule has 0 atom stereocenters. The highest BCUT2D eigenvalue weighted by atomic mass is 16.1. The summed E-state index contributed by atoms with van der Waals surface area (Å²) in [5.41, 5.74) is 12.8. The van der Waals surface area contributed by atoms with Crippen LogP contribution < -0.4 is 9.80 Å². The van der Waals surface area contributed by atoms with Gasteiger partial charge in [0, 0.05) is 39.3 Å². The van der Waals surface area contributed by atoms with Gasteiger partial charge >= 0.3 is 0 Å². The molecule has 220 valence electrons.